The van der Waals surface area contributed by atoms with E-state index in [4.69, 9.17) is 9.47 Å². The van der Waals surface area contributed by atoms with Crippen LogP contribution in [0.15, 0.2) is 56.5 Å². The van der Waals surface area contributed by atoms with Gasteiger partial charge in [-0.1, -0.05) is 28.1 Å². The van der Waals surface area contributed by atoms with Gasteiger partial charge in [-0.2, -0.15) is 5.10 Å². The summed E-state index contributed by atoms with van der Waals surface area (Å²) in [5, 5.41) is 4.03. The third-order valence-corrected chi connectivity index (χ3v) is 5.29. The molecule has 0 aliphatic carbocycles. The first-order valence-corrected chi connectivity index (χ1v) is 10.5. The van der Waals surface area contributed by atoms with Crippen LogP contribution in [0.1, 0.15) is 11.1 Å². The SMILES string of the molecule is O=C(CN1CCOCC1)N/N=C/c1ccc(OCc2ccc(Br)cc2)c(Br)c1. The molecule has 1 amide bonds. The number of amides is 1. The van der Waals surface area contributed by atoms with E-state index >= 15 is 0 Å². The van der Waals surface area contributed by atoms with Crippen molar-refractivity contribution < 1.29 is 14.3 Å². The van der Waals surface area contributed by atoms with Crippen molar-refractivity contribution in [1.82, 2.24) is 10.3 Å². The van der Waals surface area contributed by atoms with Crippen LogP contribution in [0.4, 0.5) is 0 Å². The Balaban J connectivity index is 1.48. The van der Waals surface area contributed by atoms with Crippen LogP contribution in [0.3, 0.4) is 0 Å². The highest BCUT2D eigenvalue weighted by atomic mass is 79.9. The molecule has 0 bridgehead atoms. The molecule has 148 valence electrons. The molecular weight excluding hydrogens is 490 g/mol. The number of hydrogen-bond acceptors (Lipinski definition) is 5. The fourth-order valence-corrected chi connectivity index (χ4v) is 3.41. The summed E-state index contributed by atoms with van der Waals surface area (Å²) in [4.78, 5) is 14.0. The second-order valence-electron chi connectivity index (χ2n) is 6.29. The first kappa shape index (κ1) is 21.0. The highest BCUT2D eigenvalue weighted by Crippen LogP contribution is 2.26. The standard InChI is InChI=1S/C20H21Br2N3O3/c21-17-4-1-15(2-5-17)14-28-19-6-3-16(11-18(19)22)12-23-24-20(26)13-25-7-9-27-10-8-25/h1-6,11-12H,7-10,13-14H2,(H,24,26)/b23-12+. The maximum Gasteiger partial charge on any atom is 0.254 e. The van der Waals surface area contributed by atoms with Gasteiger partial charge in [0.05, 0.1) is 30.4 Å². The number of nitrogens with one attached hydrogen (secondary N) is 1. The highest BCUT2D eigenvalue weighted by Gasteiger charge is 2.13. The third-order valence-electron chi connectivity index (χ3n) is 4.14. The third kappa shape index (κ3) is 6.70. The summed E-state index contributed by atoms with van der Waals surface area (Å²) in [6.07, 6.45) is 1.61. The zero-order chi connectivity index (χ0) is 19.8. The Morgan fingerprint density at radius 2 is 1.93 bits per heavy atom. The topological polar surface area (TPSA) is 63.2 Å². The van der Waals surface area contributed by atoms with E-state index in [1.165, 1.54) is 0 Å². The van der Waals surface area contributed by atoms with Gasteiger partial charge >= 0.3 is 0 Å². The summed E-state index contributed by atoms with van der Waals surface area (Å²) in [5.41, 5.74) is 4.50. The molecule has 3 rings (SSSR count). The second kappa shape index (κ2) is 10.7. The second-order valence-corrected chi connectivity index (χ2v) is 8.06. The van der Waals surface area contributed by atoms with Gasteiger partial charge in [0.2, 0.25) is 0 Å². The first-order valence-electron chi connectivity index (χ1n) is 8.89. The molecule has 8 heteroatoms. The zero-order valence-electron chi connectivity index (χ0n) is 15.2. The summed E-state index contributed by atoms with van der Waals surface area (Å²) in [7, 11) is 0. The predicted octanol–water partition coefficient (Wildman–Crippen LogP) is 3.57. The summed E-state index contributed by atoms with van der Waals surface area (Å²) in [6.45, 7) is 3.68. The van der Waals surface area contributed by atoms with Gasteiger partial charge in [0.15, 0.2) is 0 Å². The van der Waals surface area contributed by atoms with Crippen LogP contribution in [0.2, 0.25) is 0 Å². The van der Waals surface area contributed by atoms with Crippen molar-refractivity contribution in [1.29, 1.82) is 0 Å². The van der Waals surface area contributed by atoms with Crippen LogP contribution in [0, 0.1) is 0 Å². The zero-order valence-corrected chi connectivity index (χ0v) is 18.4. The van der Waals surface area contributed by atoms with Gasteiger partial charge < -0.3 is 9.47 Å². The largest absolute Gasteiger partial charge is 0.488 e. The van der Waals surface area contributed by atoms with Crippen molar-refractivity contribution >= 4 is 44.0 Å². The van der Waals surface area contributed by atoms with Crippen LogP contribution < -0.4 is 10.2 Å². The summed E-state index contributed by atoms with van der Waals surface area (Å²) >= 11 is 6.94. The predicted molar refractivity (Wildman–Crippen MR) is 116 cm³/mol. The van der Waals surface area contributed by atoms with E-state index in [0.29, 0.717) is 26.4 Å². The Morgan fingerprint density at radius 3 is 2.64 bits per heavy atom. The normalized spacial score (nSPS) is 14.9. The van der Waals surface area contributed by atoms with E-state index < -0.39 is 0 Å². The molecule has 2 aromatic rings. The van der Waals surface area contributed by atoms with Crippen LogP contribution in [-0.4, -0.2) is 49.9 Å². The number of rotatable bonds is 7. The lowest BCUT2D eigenvalue weighted by Crippen LogP contribution is -2.42. The number of halogens is 2. The highest BCUT2D eigenvalue weighted by molar-refractivity contribution is 9.10. The van der Waals surface area contributed by atoms with Crippen LogP contribution in [-0.2, 0) is 16.1 Å². The van der Waals surface area contributed by atoms with Crippen LogP contribution in [0.25, 0.3) is 0 Å². The van der Waals surface area contributed by atoms with Gasteiger partial charge in [0.1, 0.15) is 12.4 Å². The molecule has 1 aliphatic rings. The molecule has 28 heavy (non-hydrogen) atoms. The quantitative estimate of drug-likeness (QED) is 0.457. The Hall–Kier alpha value is -1.74. The lowest BCUT2D eigenvalue weighted by Gasteiger charge is -2.25. The molecule has 0 aromatic heterocycles. The Bertz CT molecular complexity index is 822. The molecule has 1 saturated heterocycles. The Kier molecular flexibility index (Phi) is 8.02. The molecule has 1 aliphatic heterocycles. The fraction of sp³-hybridized carbons (Fsp3) is 0.300. The number of carbonyl (C=O) groups excluding carboxylic acids is 1. The average molecular weight is 511 g/mol. The minimum absolute atomic E-state index is 0.133. The first-order chi connectivity index (χ1) is 13.6. The van der Waals surface area contributed by atoms with Gasteiger partial charge in [0, 0.05) is 17.6 Å². The molecular formula is C20H21Br2N3O3. The summed E-state index contributed by atoms with van der Waals surface area (Å²) < 4.78 is 13.0. The molecule has 1 fully saturated rings. The van der Waals surface area contributed by atoms with Gasteiger partial charge in [0.25, 0.3) is 5.91 Å². The lowest BCUT2D eigenvalue weighted by atomic mass is 10.2. The average Bonchev–Trinajstić information content (AvgIpc) is 2.69. The number of ether oxygens (including phenoxy) is 2. The smallest absolute Gasteiger partial charge is 0.254 e. The molecule has 6 nitrogen and oxygen atoms in total. The molecule has 0 spiro atoms. The molecule has 1 N–H and O–H groups in total. The van der Waals surface area contributed by atoms with Crippen molar-refractivity contribution in [2.24, 2.45) is 5.10 Å². The Morgan fingerprint density at radius 1 is 1.18 bits per heavy atom. The maximum atomic E-state index is 11.9. The van der Waals surface area contributed by atoms with Crippen molar-refractivity contribution in [3.8, 4) is 5.75 Å². The van der Waals surface area contributed by atoms with E-state index in [9.17, 15) is 4.79 Å². The van der Waals surface area contributed by atoms with Crippen molar-refractivity contribution in [3.05, 3.63) is 62.5 Å². The van der Waals surface area contributed by atoms with Gasteiger partial charge in [-0.25, -0.2) is 5.43 Å². The monoisotopic (exact) mass is 509 g/mol. The minimum Gasteiger partial charge on any atom is -0.488 e. The molecule has 2 aromatic carbocycles. The Labute approximate surface area is 181 Å². The lowest BCUT2D eigenvalue weighted by molar-refractivity contribution is -0.123. The maximum absolute atomic E-state index is 11.9. The number of morpholine rings is 1. The molecule has 0 radical (unpaired) electrons. The summed E-state index contributed by atoms with van der Waals surface area (Å²) in [6, 6.07) is 13.7. The molecule has 1 heterocycles. The molecule has 0 saturated carbocycles. The fourth-order valence-electron chi connectivity index (χ4n) is 2.63. The van der Waals surface area contributed by atoms with Gasteiger partial charge in [-0.3, -0.25) is 9.69 Å². The number of hydrogen-bond donors (Lipinski definition) is 1. The van der Waals surface area contributed by atoms with Crippen molar-refractivity contribution in [3.63, 3.8) is 0 Å². The van der Waals surface area contributed by atoms with Crippen molar-refractivity contribution in [2.45, 2.75) is 6.61 Å². The van der Waals surface area contributed by atoms with E-state index in [2.05, 4.69) is 42.4 Å². The molecule has 0 atom stereocenters. The van der Waals surface area contributed by atoms with Gasteiger partial charge in [-0.05, 0) is 57.4 Å². The summed E-state index contributed by atoms with van der Waals surface area (Å²) in [5.74, 6) is 0.614. The van der Waals surface area contributed by atoms with E-state index in [0.717, 1.165) is 38.9 Å². The number of nitrogens with zero attached hydrogens (tertiary/aromatic N) is 2. The molecule has 0 unspecified atom stereocenters. The van der Waals surface area contributed by atoms with Crippen molar-refractivity contribution in [2.75, 3.05) is 32.8 Å². The number of carbonyl (C=O) groups is 1. The van der Waals surface area contributed by atoms with E-state index in [1.807, 2.05) is 47.4 Å². The number of hydrazone groups is 1. The minimum atomic E-state index is -0.133. The van der Waals surface area contributed by atoms with Gasteiger partial charge in [-0.15, -0.1) is 0 Å². The van der Waals surface area contributed by atoms with E-state index in [1.54, 1.807) is 6.21 Å². The number of benzene rings is 2. The van der Waals surface area contributed by atoms with Crippen LogP contribution >= 0.6 is 31.9 Å². The van der Waals surface area contributed by atoms with E-state index in [-0.39, 0.29) is 5.91 Å². The van der Waals surface area contributed by atoms with Crippen LogP contribution in [0.5, 0.6) is 5.75 Å².